The van der Waals surface area contributed by atoms with Crippen molar-refractivity contribution in [3.63, 3.8) is 0 Å². The van der Waals surface area contributed by atoms with Crippen molar-refractivity contribution in [1.29, 1.82) is 0 Å². The van der Waals surface area contributed by atoms with Crippen LogP contribution < -0.4 is 5.32 Å². The Balaban J connectivity index is 2.48. The number of nitrogens with zero attached hydrogens (tertiary/aromatic N) is 2. The summed E-state index contributed by atoms with van der Waals surface area (Å²) in [5, 5.41) is 11.1. The smallest absolute Gasteiger partial charge is 0.148 e. The Bertz CT molecular complexity index is 228. The average molecular weight is 165 g/mol. The van der Waals surface area contributed by atoms with Gasteiger partial charge in [0, 0.05) is 6.54 Å². The molecule has 12 heavy (non-hydrogen) atoms. The SMILES string of the molecule is Cc1ccc(NCC(C)C)nn1. The standard InChI is InChI=1S/C9H15N3/c1-7(2)6-10-9-5-4-8(3)11-12-9/h4-5,7H,6H2,1-3H3,(H,10,12). The molecule has 66 valence electrons. The highest BCUT2D eigenvalue weighted by molar-refractivity contribution is 5.32. The number of hydrogen-bond acceptors (Lipinski definition) is 3. The molecule has 3 heteroatoms. The monoisotopic (exact) mass is 165 g/mol. The van der Waals surface area contributed by atoms with Gasteiger partial charge in [-0.1, -0.05) is 13.8 Å². The molecule has 0 unspecified atom stereocenters. The van der Waals surface area contributed by atoms with Gasteiger partial charge < -0.3 is 5.32 Å². The van der Waals surface area contributed by atoms with Crippen LogP contribution in [0, 0.1) is 12.8 Å². The second-order valence-corrected chi connectivity index (χ2v) is 3.33. The van der Waals surface area contributed by atoms with Crippen LogP contribution in [-0.4, -0.2) is 16.7 Å². The third kappa shape index (κ3) is 2.86. The molecule has 0 saturated carbocycles. The van der Waals surface area contributed by atoms with E-state index in [2.05, 4.69) is 29.4 Å². The van der Waals surface area contributed by atoms with Crippen molar-refractivity contribution in [2.75, 3.05) is 11.9 Å². The minimum absolute atomic E-state index is 0.633. The number of anilines is 1. The maximum absolute atomic E-state index is 3.99. The number of nitrogens with one attached hydrogen (secondary N) is 1. The van der Waals surface area contributed by atoms with E-state index in [1.54, 1.807) is 0 Å². The van der Waals surface area contributed by atoms with Crippen LogP contribution in [0.25, 0.3) is 0 Å². The fraction of sp³-hybridized carbons (Fsp3) is 0.556. The number of aromatic nitrogens is 2. The summed E-state index contributed by atoms with van der Waals surface area (Å²) in [6.45, 7) is 7.19. The van der Waals surface area contributed by atoms with Gasteiger partial charge in [-0.2, -0.15) is 5.10 Å². The lowest BCUT2D eigenvalue weighted by Crippen LogP contribution is -2.09. The van der Waals surface area contributed by atoms with Gasteiger partial charge in [0.2, 0.25) is 0 Å². The van der Waals surface area contributed by atoms with Crippen molar-refractivity contribution in [3.05, 3.63) is 17.8 Å². The predicted octanol–water partition coefficient (Wildman–Crippen LogP) is 1.85. The lowest BCUT2D eigenvalue weighted by molar-refractivity contribution is 0.685. The molecule has 1 heterocycles. The van der Waals surface area contributed by atoms with Gasteiger partial charge in [-0.25, -0.2) is 0 Å². The topological polar surface area (TPSA) is 37.8 Å². The first-order chi connectivity index (χ1) is 5.68. The first-order valence-electron chi connectivity index (χ1n) is 4.22. The molecule has 1 N–H and O–H groups in total. The summed E-state index contributed by atoms with van der Waals surface area (Å²) in [5.41, 5.74) is 0.949. The molecule has 3 nitrogen and oxygen atoms in total. The summed E-state index contributed by atoms with van der Waals surface area (Å²) in [7, 11) is 0. The molecule has 1 aromatic heterocycles. The van der Waals surface area contributed by atoms with Crippen molar-refractivity contribution < 1.29 is 0 Å². The molecular weight excluding hydrogens is 150 g/mol. The zero-order valence-corrected chi connectivity index (χ0v) is 7.83. The highest BCUT2D eigenvalue weighted by atomic mass is 15.2. The van der Waals surface area contributed by atoms with Gasteiger partial charge in [-0.15, -0.1) is 5.10 Å². The maximum atomic E-state index is 3.99. The molecule has 0 spiro atoms. The van der Waals surface area contributed by atoms with Crippen LogP contribution in [-0.2, 0) is 0 Å². The van der Waals surface area contributed by atoms with Crippen LogP contribution in [0.15, 0.2) is 12.1 Å². The van der Waals surface area contributed by atoms with E-state index >= 15 is 0 Å². The molecule has 0 aromatic carbocycles. The highest BCUT2D eigenvalue weighted by Gasteiger charge is 1.95. The second-order valence-electron chi connectivity index (χ2n) is 3.33. The van der Waals surface area contributed by atoms with Crippen LogP contribution in [0.2, 0.25) is 0 Å². The van der Waals surface area contributed by atoms with Crippen LogP contribution in [0.3, 0.4) is 0 Å². The van der Waals surface area contributed by atoms with Gasteiger partial charge in [-0.05, 0) is 25.0 Å². The molecule has 1 rings (SSSR count). The third-order valence-corrected chi connectivity index (χ3v) is 1.49. The molecule has 0 aliphatic carbocycles. The molecule has 0 aliphatic rings. The van der Waals surface area contributed by atoms with E-state index in [-0.39, 0.29) is 0 Å². The number of hydrogen-bond donors (Lipinski definition) is 1. The Morgan fingerprint density at radius 2 is 2.08 bits per heavy atom. The summed E-state index contributed by atoms with van der Waals surface area (Å²) < 4.78 is 0. The largest absolute Gasteiger partial charge is 0.368 e. The molecule has 0 saturated heterocycles. The molecule has 0 atom stereocenters. The van der Waals surface area contributed by atoms with Gasteiger partial charge in [0.25, 0.3) is 0 Å². The molecule has 0 radical (unpaired) electrons. The summed E-state index contributed by atoms with van der Waals surface area (Å²) in [4.78, 5) is 0. The third-order valence-electron chi connectivity index (χ3n) is 1.49. The van der Waals surface area contributed by atoms with Crippen LogP contribution in [0.5, 0.6) is 0 Å². The molecular formula is C9H15N3. The Kier molecular flexibility index (Phi) is 3.02. The van der Waals surface area contributed by atoms with Crippen LogP contribution in [0.4, 0.5) is 5.82 Å². The van der Waals surface area contributed by atoms with Gasteiger partial charge in [0.05, 0.1) is 5.69 Å². The quantitative estimate of drug-likeness (QED) is 0.742. The van der Waals surface area contributed by atoms with Crippen LogP contribution >= 0.6 is 0 Å². The maximum Gasteiger partial charge on any atom is 0.148 e. The zero-order chi connectivity index (χ0) is 8.97. The van der Waals surface area contributed by atoms with Crippen molar-refractivity contribution in [2.45, 2.75) is 20.8 Å². The average Bonchev–Trinajstić information content (AvgIpc) is 2.03. The summed E-state index contributed by atoms with van der Waals surface area (Å²) in [6, 6.07) is 3.90. The Morgan fingerprint density at radius 1 is 1.33 bits per heavy atom. The molecule has 0 fully saturated rings. The Hall–Kier alpha value is -1.12. The van der Waals surface area contributed by atoms with Gasteiger partial charge >= 0.3 is 0 Å². The van der Waals surface area contributed by atoms with Gasteiger partial charge in [0.1, 0.15) is 5.82 Å². The first-order valence-corrected chi connectivity index (χ1v) is 4.22. The lowest BCUT2D eigenvalue weighted by atomic mass is 10.2. The predicted molar refractivity (Wildman–Crippen MR) is 50.1 cm³/mol. The molecule has 1 aromatic rings. The van der Waals surface area contributed by atoms with Crippen LogP contribution in [0.1, 0.15) is 19.5 Å². The van der Waals surface area contributed by atoms with Crippen molar-refractivity contribution in [2.24, 2.45) is 5.92 Å². The fourth-order valence-corrected chi connectivity index (χ4v) is 0.802. The molecule has 0 amide bonds. The van der Waals surface area contributed by atoms with E-state index < -0.39 is 0 Å². The highest BCUT2D eigenvalue weighted by Crippen LogP contribution is 2.02. The van der Waals surface area contributed by atoms with E-state index in [1.165, 1.54) is 0 Å². The van der Waals surface area contributed by atoms with E-state index in [1.807, 2.05) is 19.1 Å². The summed E-state index contributed by atoms with van der Waals surface area (Å²) in [5.74, 6) is 1.49. The van der Waals surface area contributed by atoms with E-state index in [4.69, 9.17) is 0 Å². The molecule has 0 bridgehead atoms. The summed E-state index contributed by atoms with van der Waals surface area (Å²) >= 11 is 0. The number of rotatable bonds is 3. The van der Waals surface area contributed by atoms with Gasteiger partial charge in [-0.3, -0.25) is 0 Å². The Morgan fingerprint density at radius 3 is 2.58 bits per heavy atom. The lowest BCUT2D eigenvalue weighted by Gasteiger charge is -2.06. The first kappa shape index (κ1) is 8.97. The number of aryl methyl sites for hydroxylation is 1. The van der Waals surface area contributed by atoms with Crippen molar-refractivity contribution in [1.82, 2.24) is 10.2 Å². The zero-order valence-electron chi connectivity index (χ0n) is 7.83. The van der Waals surface area contributed by atoms with Crippen molar-refractivity contribution >= 4 is 5.82 Å². The van der Waals surface area contributed by atoms with E-state index in [0.29, 0.717) is 5.92 Å². The van der Waals surface area contributed by atoms with E-state index in [9.17, 15) is 0 Å². The van der Waals surface area contributed by atoms with Crippen molar-refractivity contribution in [3.8, 4) is 0 Å². The van der Waals surface area contributed by atoms with E-state index in [0.717, 1.165) is 18.1 Å². The normalized spacial score (nSPS) is 10.3. The van der Waals surface area contributed by atoms with Gasteiger partial charge in [0.15, 0.2) is 0 Å². The Labute approximate surface area is 73.2 Å². The minimum atomic E-state index is 0.633. The fourth-order valence-electron chi connectivity index (χ4n) is 0.802. The minimum Gasteiger partial charge on any atom is -0.368 e. The second kappa shape index (κ2) is 4.04. The summed E-state index contributed by atoms with van der Waals surface area (Å²) in [6.07, 6.45) is 0. The molecule has 0 aliphatic heterocycles.